The minimum atomic E-state index is 0.241. The maximum Gasteiger partial charge on any atom is 0.133 e. The zero-order valence-electron chi connectivity index (χ0n) is 9.82. The largest absolute Gasteiger partial charge is 0.490 e. The Balaban J connectivity index is 1.89. The Kier molecular flexibility index (Phi) is 4.83. The number of ether oxygens (including phenoxy) is 2. The van der Waals surface area contributed by atoms with Gasteiger partial charge in [-0.1, -0.05) is 6.07 Å². The average molecular weight is 300 g/mol. The molecule has 94 valence electrons. The second kappa shape index (κ2) is 6.38. The van der Waals surface area contributed by atoms with Gasteiger partial charge in [-0.25, -0.2) is 0 Å². The maximum atomic E-state index is 5.76. The Morgan fingerprint density at radius 1 is 1.41 bits per heavy atom. The van der Waals surface area contributed by atoms with Gasteiger partial charge in [0.15, 0.2) is 0 Å². The number of benzene rings is 1. The predicted octanol–water partition coefficient (Wildman–Crippen LogP) is 2.86. The molecule has 0 saturated carbocycles. The molecule has 0 radical (unpaired) electrons. The molecule has 3 nitrogen and oxygen atoms in total. The van der Waals surface area contributed by atoms with E-state index in [1.54, 1.807) is 0 Å². The van der Waals surface area contributed by atoms with Crippen molar-refractivity contribution in [1.82, 2.24) is 0 Å². The number of rotatable bonds is 4. The number of nitrogens with two attached hydrogens (primary N) is 1. The van der Waals surface area contributed by atoms with Crippen LogP contribution in [0.3, 0.4) is 0 Å². The van der Waals surface area contributed by atoms with E-state index in [0.29, 0.717) is 13.2 Å². The first-order valence-electron chi connectivity index (χ1n) is 6.02. The third kappa shape index (κ3) is 3.69. The molecule has 0 spiro atoms. The molecule has 1 unspecified atom stereocenters. The van der Waals surface area contributed by atoms with Crippen molar-refractivity contribution in [1.29, 1.82) is 0 Å². The van der Waals surface area contributed by atoms with Gasteiger partial charge in [-0.3, -0.25) is 0 Å². The van der Waals surface area contributed by atoms with Crippen molar-refractivity contribution in [2.75, 3.05) is 13.2 Å². The summed E-state index contributed by atoms with van der Waals surface area (Å²) >= 11 is 3.49. The van der Waals surface area contributed by atoms with E-state index in [2.05, 4.69) is 15.9 Å². The Bertz CT molecular complexity index is 364. The van der Waals surface area contributed by atoms with Gasteiger partial charge in [-0.05, 0) is 52.9 Å². The van der Waals surface area contributed by atoms with E-state index in [1.165, 1.54) is 12.8 Å². The summed E-state index contributed by atoms with van der Waals surface area (Å²) in [5.41, 5.74) is 6.67. The van der Waals surface area contributed by atoms with Crippen molar-refractivity contribution >= 4 is 15.9 Å². The fourth-order valence-corrected chi connectivity index (χ4v) is 2.45. The summed E-state index contributed by atoms with van der Waals surface area (Å²) in [5, 5.41) is 0. The fourth-order valence-electron chi connectivity index (χ4n) is 1.91. The van der Waals surface area contributed by atoms with Gasteiger partial charge in [0, 0.05) is 13.2 Å². The number of hydrogen-bond donors (Lipinski definition) is 1. The Hall–Kier alpha value is -0.580. The monoisotopic (exact) mass is 299 g/mol. The summed E-state index contributed by atoms with van der Waals surface area (Å²) in [6.45, 7) is 2.03. The van der Waals surface area contributed by atoms with Gasteiger partial charge in [0.2, 0.25) is 0 Å². The second-order valence-electron chi connectivity index (χ2n) is 4.27. The molecule has 0 aromatic heterocycles. The molecule has 0 amide bonds. The van der Waals surface area contributed by atoms with E-state index in [0.717, 1.165) is 28.8 Å². The van der Waals surface area contributed by atoms with Gasteiger partial charge in [-0.2, -0.15) is 0 Å². The quantitative estimate of drug-likeness (QED) is 0.930. The molecule has 17 heavy (non-hydrogen) atoms. The van der Waals surface area contributed by atoms with Crippen molar-refractivity contribution in [2.24, 2.45) is 5.73 Å². The maximum absolute atomic E-state index is 5.76. The molecule has 0 aliphatic carbocycles. The summed E-state index contributed by atoms with van der Waals surface area (Å²) < 4.78 is 12.3. The normalized spacial score (nSPS) is 20.2. The molecule has 1 aromatic carbocycles. The first kappa shape index (κ1) is 12.9. The summed E-state index contributed by atoms with van der Waals surface area (Å²) in [4.78, 5) is 0. The van der Waals surface area contributed by atoms with Crippen LogP contribution in [0, 0.1) is 0 Å². The molecule has 4 heteroatoms. The molecule has 2 rings (SSSR count). The molecule has 1 aromatic rings. The van der Waals surface area contributed by atoms with Gasteiger partial charge in [-0.15, -0.1) is 0 Å². The number of hydrogen-bond acceptors (Lipinski definition) is 3. The van der Waals surface area contributed by atoms with Crippen LogP contribution in [0.5, 0.6) is 5.75 Å². The highest BCUT2D eigenvalue weighted by Crippen LogP contribution is 2.26. The van der Waals surface area contributed by atoms with Crippen LogP contribution in [0.4, 0.5) is 0 Å². The minimum absolute atomic E-state index is 0.241. The van der Waals surface area contributed by atoms with E-state index in [-0.39, 0.29) is 6.10 Å². The predicted molar refractivity (Wildman–Crippen MR) is 71.1 cm³/mol. The highest BCUT2D eigenvalue weighted by Gasteiger charge is 2.15. The third-order valence-electron chi connectivity index (χ3n) is 2.93. The molecule has 1 aliphatic rings. The second-order valence-corrected chi connectivity index (χ2v) is 5.12. The Morgan fingerprint density at radius 3 is 2.94 bits per heavy atom. The third-order valence-corrected chi connectivity index (χ3v) is 3.55. The zero-order valence-corrected chi connectivity index (χ0v) is 11.4. The molecular formula is C13H18BrNO2. The van der Waals surface area contributed by atoms with Crippen LogP contribution >= 0.6 is 15.9 Å². The Morgan fingerprint density at radius 2 is 2.29 bits per heavy atom. The summed E-state index contributed by atoms with van der Waals surface area (Å²) in [6, 6.07) is 5.94. The van der Waals surface area contributed by atoms with Gasteiger partial charge in [0.05, 0.1) is 10.6 Å². The molecule has 0 bridgehead atoms. The first-order valence-corrected chi connectivity index (χ1v) is 6.82. The van der Waals surface area contributed by atoms with E-state index in [4.69, 9.17) is 15.2 Å². The lowest BCUT2D eigenvalue weighted by atomic mass is 10.1. The van der Waals surface area contributed by atoms with Crippen LogP contribution in [0.15, 0.2) is 22.7 Å². The highest BCUT2D eigenvalue weighted by molar-refractivity contribution is 9.10. The van der Waals surface area contributed by atoms with Gasteiger partial charge < -0.3 is 15.2 Å². The lowest BCUT2D eigenvalue weighted by Crippen LogP contribution is -2.25. The highest BCUT2D eigenvalue weighted by atomic mass is 79.9. The zero-order chi connectivity index (χ0) is 12.1. The molecule has 2 N–H and O–H groups in total. The van der Waals surface area contributed by atoms with Crippen LogP contribution in [0.25, 0.3) is 0 Å². The van der Waals surface area contributed by atoms with Gasteiger partial charge in [0.25, 0.3) is 0 Å². The van der Waals surface area contributed by atoms with Crippen LogP contribution in [-0.4, -0.2) is 19.3 Å². The van der Waals surface area contributed by atoms with E-state index in [1.807, 2.05) is 18.2 Å². The Labute approximate surface area is 110 Å². The summed E-state index contributed by atoms with van der Waals surface area (Å²) in [7, 11) is 0. The van der Waals surface area contributed by atoms with Gasteiger partial charge >= 0.3 is 0 Å². The van der Waals surface area contributed by atoms with Crippen molar-refractivity contribution < 1.29 is 9.47 Å². The van der Waals surface area contributed by atoms with Crippen LogP contribution in [0.2, 0.25) is 0 Å². The van der Waals surface area contributed by atoms with E-state index >= 15 is 0 Å². The molecule has 1 aliphatic heterocycles. The van der Waals surface area contributed by atoms with Crippen molar-refractivity contribution in [3.8, 4) is 5.75 Å². The van der Waals surface area contributed by atoms with E-state index in [9.17, 15) is 0 Å². The lowest BCUT2D eigenvalue weighted by molar-refractivity contribution is -0.0112. The topological polar surface area (TPSA) is 44.5 Å². The van der Waals surface area contributed by atoms with E-state index < -0.39 is 0 Å². The smallest absolute Gasteiger partial charge is 0.133 e. The minimum Gasteiger partial charge on any atom is -0.490 e. The van der Waals surface area contributed by atoms with Crippen molar-refractivity contribution in [3.05, 3.63) is 28.2 Å². The summed E-state index contributed by atoms with van der Waals surface area (Å²) in [5.74, 6) is 0.858. The molecule has 1 atom stereocenters. The van der Waals surface area contributed by atoms with Crippen LogP contribution in [-0.2, 0) is 11.3 Å². The SMILES string of the molecule is NCc1ccc(OCC2CCCCO2)c(Br)c1. The molecule has 1 heterocycles. The van der Waals surface area contributed by atoms with Crippen LogP contribution in [0.1, 0.15) is 24.8 Å². The van der Waals surface area contributed by atoms with Crippen LogP contribution < -0.4 is 10.5 Å². The molecule has 1 fully saturated rings. The molecular weight excluding hydrogens is 282 g/mol. The fraction of sp³-hybridized carbons (Fsp3) is 0.538. The van der Waals surface area contributed by atoms with Gasteiger partial charge in [0.1, 0.15) is 12.4 Å². The lowest BCUT2D eigenvalue weighted by Gasteiger charge is -2.22. The summed E-state index contributed by atoms with van der Waals surface area (Å²) in [6.07, 6.45) is 3.75. The average Bonchev–Trinajstić information content (AvgIpc) is 2.38. The standard InChI is InChI=1S/C13H18BrNO2/c14-12-7-10(8-15)4-5-13(12)17-9-11-3-1-2-6-16-11/h4-5,7,11H,1-3,6,8-9,15H2. The van der Waals surface area contributed by atoms with Crippen molar-refractivity contribution in [2.45, 2.75) is 31.9 Å². The molecule has 1 saturated heterocycles. The first-order chi connectivity index (χ1) is 8.29. The number of halogens is 1. The van der Waals surface area contributed by atoms with Crippen molar-refractivity contribution in [3.63, 3.8) is 0 Å².